The highest BCUT2D eigenvalue weighted by atomic mass is 35.5. The number of allylic oxidation sites excluding steroid dienone is 3. The lowest BCUT2D eigenvalue weighted by Crippen LogP contribution is -2.14. The predicted molar refractivity (Wildman–Crippen MR) is 54.7 cm³/mol. The zero-order chi connectivity index (χ0) is 12.5. The van der Waals surface area contributed by atoms with Gasteiger partial charge in [-0.1, -0.05) is 18.2 Å². The van der Waals surface area contributed by atoms with Crippen molar-refractivity contribution in [3.8, 4) is 0 Å². The second-order valence-electron chi connectivity index (χ2n) is 3.14. The van der Waals surface area contributed by atoms with Crippen LogP contribution >= 0.6 is 11.6 Å². The Labute approximate surface area is 95.2 Å². The first-order valence-electron chi connectivity index (χ1n) is 4.25. The molecule has 0 aliphatic rings. The molecular formula is C9H9ClF3N3. The molecule has 88 valence electrons. The first kappa shape index (κ1) is 12.8. The Hall–Kier alpha value is -1.30. The van der Waals surface area contributed by atoms with Crippen molar-refractivity contribution in [2.45, 2.75) is 20.0 Å². The summed E-state index contributed by atoms with van der Waals surface area (Å²) < 4.78 is 38.5. The van der Waals surface area contributed by atoms with Crippen LogP contribution in [0.1, 0.15) is 18.6 Å². The number of rotatable bonds is 2. The summed E-state index contributed by atoms with van der Waals surface area (Å²) in [5.41, 5.74) is 0.259. The molecule has 1 heterocycles. The van der Waals surface area contributed by atoms with E-state index in [1.54, 1.807) is 0 Å². The molecule has 1 rings (SSSR count). The highest BCUT2D eigenvalue weighted by molar-refractivity contribution is 6.31. The number of aromatic nitrogens is 3. The van der Waals surface area contributed by atoms with Crippen LogP contribution in [0.4, 0.5) is 13.2 Å². The van der Waals surface area contributed by atoms with E-state index in [4.69, 9.17) is 11.6 Å². The van der Waals surface area contributed by atoms with Crippen LogP contribution in [0.3, 0.4) is 0 Å². The average Bonchev–Trinajstić information content (AvgIpc) is 2.44. The molecule has 0 amide bonds. The van der Waals surface area contributed by atoms with Crippen LogP contribution in [0.2, 0.25) is 0 Å². The van der Waals surface area contributed by atoms with Crippen molar-refractivity contribution in [3.63, 3.8) is 0 Å². The lowest BCUT2D eigenvalue weighted by Gasteiger charge is -2.10. The van der Waals surface area contributed by atoms with Gasteiger partial charge in [0, 0.05) is 10.7 Å². The van der Waals surface area contributed by atoms with Crippen molar-refractivity contribution in [3.05, 3.63) is 29.3 Å². The monoisotopic (exact) mass is 251 g/mol. The number of halogens is 4. The third-order valence-electron chi connectivity index (χ3n) is 1.80. The number of nitrogens with zero attached hydrogens (tertiary/aromatic N) is 3. The van der Waals surface area contributed by atoms with E-state index in [0.717, 1.165) is 4.57 Å². The highest BCUT2D eigenvalue weighted by Gasteiger charge is 2.38. The maximum absolute atomic E-state index is 12.6. The van der Waals surface area contributed by atoms with Crippen molar-refractivity contribution in [2.24, 2.45) is 0 Å². The van der Waals surface area contributed by atoms with Gasteiger partial charge in [0.05, 0.1) is 0 Å². The zero-order valence-electron chi connectivity index (χ0n) is 8.64. The summed E-state index contributed by atoms with van der Waals surface area (Å²) in [5.74, 6) is -0.935. The standard InChI is InChI=1S/C9H9ClF3N3/c1-5(10)4-6(2)16-7(3)14-15-8(16)9(11,12)13/h4H,1H2,2-3H3/b6-4+. The van der Waals surface area contributed by atoms with E-state index in [2.05, 4.69) is 16.8 Å². The zero-order valence-corrected chi connectivity index (χ0v) is 9.39. The maximum Gasteiger partial charge on any atom is 0.452 e. The van der Waals surface area contributed by atoms with E-state index < -0.39 is 12.0 Å². The van der Waals surface area contributed by atoms with Crippen LogP contribution in [0.25, 0.3) is 5.70 Å². The van der Waals surface area contributed by atoms with Gasteiger partial charge in [-0.15, -0.1) is 10.2 Å². The van der Waals surface area contributed by atoms with E-state index in [0.29, 0.717) is 0 Å². The van der Waals surface area contributed by atoms with Gasteiger partial charge in [0.15, 0.2) is 0 Å². The smallest absolute Gasteiger partial charge is 0.280 e. The fourth-order valence-electron chi connectivity index (χ4n) is 1.26. The summed E-state index contributed by atoms with van der Waals surface area (Å²) in [6.45, 7) is 6.28. The van der Waals surface area contributed by atoms with Crippen LogP contribution in [0, 0.1) is 6.92 Å². The predicted octanol–water partition coefficient (Wildman–Crippen LogP) is 3.22. The normalized spacial score (nSPS) is 13.0. The summed E-state index contributed by atoms with van der Waals surface area (Å²) in [5, 5.41) is 6.62. The van der Waals surface area contributed by atoms with Gasteiger partial charge in [0.25, 0.3) is 0 Å². The second kappa shape index (κ2) is 4.29. The number of hydrogen-bond acceptors (Lipinski definition) is 2. The molecule has 0 bridgehead atoms. The molecule has 3 nitrogen and oxygen atoms in total. The summed E-state index contributed by atoms with van der Waals surface area (Å²) in [4.78, 5) is 0. The third kappa shape index (κ3) is 2.63. The molecule has 0 fully saturated rings. The van der Waals surface area contributed by atoms with Gasteiger partial charge in [0.1, 0.15) is 5.82 Å². The summed E-state index contributed by atoms with van der Waals surface area (Å²) in [6, 6.07) is 0. The Kier molecular flexibility index (Phi) is 3.42. The molecule has 0 aliphatic heterocycles. The second-order valence-corrected chi connectivity index (χ2v) is 3.62. The topological polar surface area (TPSA) is 30.7 Å². The quantitative estimate of drug-likeness (QED) is 0.756. The van der Waals surface area contributed by atoms with Gasteiger partial charge in [-0.05, 0) is 19.9 Å². The van der Waals surface area contributed by atoms with Crippen molar-refractivity contribution in [2.75, 3.05) is 0 Å². The van der Waals surface area contributed by atoms with Gasteiger partial charge < -0.3 is 0 Å². The highest BCUT2D eigenvalue weighted by Crippen LogP contribution is 2.30. The molecule has 0 aliphatic carbocycles. The Bertz CT molecular complexity index is 445. The maximum atomic E-state index is 12.6. The first-order chi connectivity index (χ1) is 7.23. The molecule has 1 aromatic rings. The molecule has 0 saturated carbocycles. The van der Waals surface area contributed by atoms with E-state index >= 15 is 0 Å². The van der Waals surface area contributed by atoms with Gasteiger partial charge >= 0.3 is 6.18 Å². The molecule has 0 spiro atoms. The third-order valence-corrected chi connectivity index (χ3v) is 1.91. The van der Waals surface area contributed by atoms with Crippen molar-refractivity contribution >= 4 is 17.3 Å². The number of aryl methyl sites for hydroxylation is 1. The minimum Gasteiger partial charge on any atom is -0.280 e. The molecular weight excluding hydrogens is 243 g/mol. The van der Waals surface area contributed by atoms with E-state index in [1.165, 1.54) is 19.9 Å². The van der Waals surface area contributed by atoms with E-state index in [9.17, 15) is 13.2 Å². The Balaban J connectivity index is 3.33. The van der Waals surface area contributed by atoms with Crippen molar-refractivity contribution in [1.29, 1.82) is 0 Å². The minimum atomic E-state index is -4.55. The van der Waals surface area contributed by atoms with Crippen LogP contribution in [-0.2, 0) is 6.18 Å². The van der Waals surface area contributed by atoms with Gasteiger partial charge in [-0.3, -0.25) is 4.57 Å². The van der Waals surface area contributed by atoms with Crippen LogP contribution in [0.5, 0.6) is 0 Å². The van der Waals surface area contributed by atoms with Gasteiger partial charge in [-0.2, -0.15) is 13.2 Å². The first-order valence-corrected chi connectivity index (χ1v) is 4.63. The lowest BCUT2D eigenvalue weighted by atomic mass is 10.4. The Morgan fingerprint density at radius 1 is 1.44 bits per heavy atom. The lowest BCUT2D eigenvalue weighted by molar-refractivity contribution is -0.146. The average molecular weight is 252 g/mol. The summed E-state index contributed by atoms with van der Waals surface area (Å²) in [6.07, 6.45) is -3.24. The molecule has 7 heteroatoms. The van der Waals surface area contributed by atoms with Crippen molar-refractivity contribution in [1.82, 2.24) is 14.8 Å². The molecule has 0 saturated heterocycles. The fraction of sp³-hybridized carbons (Fsp3) is 0.333. The SMILES string of the molecule is C=C(Cl)/C=C(\C)n1c(C)nnc1C(F)(F)F. The van der Waals surface area contributed by atoms with Crippen molar-refractivity contribution < 1.29 is 13.2 Å². The van der Waals surface area contributed by atoms with E-state index in [1.807, 2.05) is 0 Å². The number of alkyl halides is 3. The van der Waals surface area contributed by atoms with Crippen LogP contribution in [0.15, 0.2) is 17.7 Å². The fourth-order valence-corrected chi connectivity index (χ4v) is 1.42. The summed E-state index contributed by atoms with van der Waals surface area (Å²) in [7, 11) is 0. The molecule has 0 N–H and O–H groups in total. The summed E-state index contributed by atoms with van der Waals surface area (Å²) >= 11 is 5.50. The molecule has 0 aromatic carbocycles. The molecule has 0 unspecified atom stereocenters. The Morgan fingerprint density at radius 2 is 2.00 bits per heavy atom. The largest absolute Gasteiger partial charge is 0.452 e. The van der Waals surface area contributed by atoms with E-state index in [-0.39, 0.29) is 16.6 Å². The molecule has 1 aromatic heterocycles. The van der Waals surface area contributed by atoms with Gasteiger partial charge in [0.2, 0.25) is 5.82 Å². The Morgan fingerprint density at radius 3 is 2.44 bits per heavy atom. The molecule has 16 heavy (non-hydrogen) atoms. The minimum absolute atomic E-state index is 0.138. The van der Waals surface area contributed by atoms with Crippen LogP contribution < -0.4 is 0 Å². The molecule has 0 atom stereocenters. The number of hydrogen-bond donors (Lipinski definition) is 0. The molecule has 0 radical (unpaired) electrons. The van der Waals surface area contributed by atoms with Gasteiger partial charge in [-0.25, -0.2) is 0 Å². The van der Waals surface area contributed by atoms with Crippen LogP contribution in [-0.4, -0.2) is 14.8 Å².